The summed E-state index contributed by atoms with van der Waals surface area (Å²) in [7, 11) is 1.67. The van der Waals surface area contributed by atoms with E-state index in [1.807, 2.05) is 37.3 Å². The molecular weight excluding hydrogens is 396 g/mol. The maximum atomic E-state index is 5.80. The van der Waals surface area contributed by atoms with Gasteiger partial charge in [-0.25, -0.2) is 4.98 Å². The van der Waals surface area contributed by atoms with Crippen LogP contribution >= 0.6 is 11.3 Å². The molecule has 1 aliphatic heterocycles. The van der Waals surface area contributed by atoms with Crippen LogP contribution in [-0.4, -0.2) is 49.8 Å². The maximum absolute atomic E-state index is 5.80. The predicted octanol–water partition coefficient (Wildman–Crippen LogP) is 4.62. The number of nitrogens with zero attached hydrogens (tertiary/aromatic N) is 3. The van der Waals surface area contributed by atoms with Crippen LogP contribution in [0.25, 0.3) is 0 Å². The first-order valence-corrected chi connectivity index (χ1v) is 11.2. The summed E-state index contributed by atoms with van der Waals surface area (Å²) >= 11 is 1.64. The van der Waals surface area contributed by atoms with Crippen molar-refractivity contribution in [1.82, 2.24) is 9.88 Å². The number of aromatic nitrogens is 1. The zero-order chi connectivity index (χ0) is 20.8. The first-order valence-electron chi connectivity index (χ1n) is 10.3. The van der Waals surface area contributed by atoms with Gasteiger partial charge in [0.05, 0.1) is 25.1 Å². The molecule has 0 spiro atoms. The Morgan fingerprint density at radius 3 is 2.53 bits per heavy atom. The summed E-state index contributed by atoms with van der Waals surface area (Å²) in [5, 5.41) is 6.43. The largest absolute Gasteiger partial charge is 0.497 e. The molecular formula is C23H28N4O2S. The summed E-state index contributed by atoms with van der Waals surface area (Å²) < 4.78 is 11.0. The molecule has 1 saturated heterocycles. The number of hydrogen-bond donors (Lipinski definition) is 1. The van der Waals surface area contributed by atoms with Crippen molar-refractivity contribution >= 4 is 27.8 Å². The number of anilines is 3. The van der Waals surface area contributed by atoms with Gasteiger partial charge in [0.15, 0.2) is 5.13 Å². The second kappa shape index (κ2) is 9.82. The third-order valence-electron chi connectivity index (χ3n) is 5.16. The van der Waals surface area contributed by atoms with Crippen molar-refractivity contribution in [2.24, 2.45) is 0 Å². The summed E-state index contributed by atoms with van der Waals surface area (Å²) in [5.41, 5.74) is 3.32. The normalized spacial score (nSPS) is 14.5. The highest BCUT2D eigenvalue weighted by Gasteiger charge is 2.20. The fraction of sp³-hybridized carbons (Fsp3) is 0.348. The second-order valence-corrected chi connectivity index (χ2v) is 8.02. The number of thiazole rings is 1. The molecule has 2 heterocycles. The van der Waals surface area contributed by atoms with E-state index in [2.05, 4.69) is 38.7 Å². The highest BCUT2D eigenvalue weighted by molar-refractivity contribution is 7.13. The minimum absolute atomic E-state index is 0.688. The number of hydrogen-bond acceptors (Lipinski definition) is 7. The molecule has 1 fully saturated rings. The molecule has 2 aromatic carbocycles. The van der Waals surface area contributed by atoms with Crippen molar-refractivity contribution in [3.05, 3.63) is 59.6 Å². The number of ether oxygens (including phenoxy) is 2. The summed E-state index contributed by atoms with van der Waals surface area (Å²) in [4.78, 5) is 9.64. The average Bonchev–Trinajstić information content (AvgIpc) is 3.22. The third-order valence-corrected chi connectivity index (χ3v) is 5.96. The molecule has 4 rings (SSSR count). The fourth-order valence-corrected chi connectivity index (χ4v) is 4.33. The molecule has 0 aliphatic carbocycles. The van der Waals surface area contributed by atoms with Crippen LogP contribution in [0.5, 0.6) is 11.5 Å². The molecule has 0 amide bonds. The van der Waals surface area contributed by atoms with Gasteiger partial charge in [0.25, 0.3) is 0 Å². The molecule has 7 heteroatoms. The van der Waals surface area contributed by atoms with Crippen LogP contribution in [0.15, 0.2) is 53.9 Å². The van der Waals surface area contributed by atoms with Crippen molar-refractivity contribution in [1.29, 1.82) is 0 Å². The van der Waals surface area contributed by atoms with E-state index < -0.39 is 0 Å². The van der Waals surface area contributed by atoms with Crippen molar-refractivity contribution in [2.45, 2.75) is 13.5 Å². The van der Waals surface area contributed by atoms with Gasteiger partial charge < -0.3 is 19.7 Å². The Kier molecular flexibility index (Phi) is 6.71. The third kappa shape index (κ3) is 5.04. The lowest BCUT2D eigenvalue weighted by molar-refractivity contribution is 0.246. The minimum Gasteiger partial charge on any atom is -0.497 e. The maximum Gasteiger partial charge on any atom is 0.187 e. The van der Waals surface area contributed by atoms with Crippen molar-refractivity contribution in [3.63, 3.8) is 0 Å². The van der Waals surface area contributed by atoms with Crippen LogP contribution in [0.3, 0.4) is 0 Å². The van der Waals surface area contributed by atoms with E-state index in [1.165, 1.54) is 5.69 Å². The van der Waals surface area contributed by atoms with E-state index in [9.17, 15) is 0 Å². The molecule has 0 atom stereocenters. The van der Waals surface area contributed by atoms with Gasteiger partial charge in [-0.3, -0.25) is 4.90 Å². The number of nitrogens with one attached hydrogen (secondary N) is 1. The van der Waals surface area contributed by atoms with Crippen LogP contribution in [0.1, 0.15) is 12.6 Å². The molecule has 6 nitrogen and oxygen atoms in total. The van der Waals surface area contributed by atoms with E-state index in [4.69, 9.17) is 14.5 Å². The van der Waals surface area contributed by atoms with E-state index in [0.717, 1.165) is 60.7 Å². The lowest BCUT2D eigenvalue weighted by Crippen LogP contribution is -2.46. The van der Waals surface area contributed by atoms with Gasteiger partial charge >= 0.3 is 0 Å². The summed E-state index contributed by atoms with van der Waals surface area (Å²) in [6.45, 7) is 7.60. The number of methoxy groups -OCH3 is 1. The SMILES string of the molecule is CCOc1ccccc1N1CCN(Cc2csc(Nc3ccc(OC)cc3)n2)CC1. The lowest BCUT2D eigenvalue weighted by atomic mass is 10.2. The van der Waals surface area contributed by atoms with E-state index in [1.54, 1.807) is 18.4 Å². The molecule has 1 aromatic heterocycles. The molecule has 0 unspecified atom stereocenters. The molecule has 158 valence electrons. The summed E-state index contributed by atoms with van der Waals surface area (Å²) in [5.74, 6) is 1.82. The van der Waals surface area contributed by atoms with Crippen LogP contribution in [-0.2, 0) is 6.54 Å². The number of benzene rings is 2. The van der Waals surface area contributed by atoms with Gasteiger partial charge in [-0.2, -0.15) is 0 Å². The second-order valence-electron chi connectivity index (χ2n) is 7.16. The van der Waals surface area contributed by atoms with Crippen molar-refractivity contribution in [3.8, 4) is 11.5 Å². The topological polar surface area (TPSA) is 49.9 Å². The van der Waals surface area contributed by atoms with Gasteiger partial charge in [0.1, 0.15) is 11.5 Å². The molecule has 0 saturated carbocycles. The van der Waals surface area contributed by atoms with Gasteiger partial charge in [0.2, 0.25) is 0 Å². The Labute approximate surface area is 182 Å². The number of piperazine rings is 1. The summed E-state index contributed by atoms with van der Waals surface area (Å²) in [6.07, 6.45) is 0. The Morgan fingerprint density at radius 2 is 1.80 bits per heavy atom. The predicted molar refractivity (Wildman–Crippen MR) is 123 cm³/mol. The molecule has 1 aliphatic rings. The van der Waals surface area contributed by atoms with Crippen LogP contribution in [0.2, 0.25) is 0 Å². The fourth-order valence-electron chi connectivity index (χ4n) is 3.61. The molecule has 1 N–H and O–H groups in total. The van der Waals surface area contributed by atoms with Crippen molar-refractivity contribution in [2.75, 3.05) is 50.1 Å². The van der Waals surface area contributed by atoms with Gasteiger partial charge in [0, 0.05) is 43.8 Å². The van der Waals surface area contributed by atoms with E-state index >= 15 is 0 Å². The van der Waals surface area contributed by atoms with Crippen LogP contribution in [0.4, 0.5) is 16.5 Å². The lowest BCUT2D eigenvalue weighted by Gasteiger charge is -2.36. The molecule has 0 bridgehead atoms. The zero-order valence-corrected chi connectivity index (χ0v) is 18.3. The Bertz CT molecular complexity index is 936. The Hall–Kier alpha value is -2.77. The first kappa shape index (κ1) is 20.5. The molecule has 30 heavy (non-hydrogen) atoms. The zero-order valence-electron chi connectivity index (χ0n) is 17.5. The van der Waals surface area contributed by atoms with Crippen LogP contribution < -0.4 is 19.7 Å². The van der Waals surface area contributed by atoms with Gasteiger partial charge in [-0.05, 0) is 43.3 Å². The Morgan fingerprint density at radius 1 is 1.03 bits per heavy atom. The highest BCUT2D eigenvalue weighted by atomic mass is 32.1. The Balaban J connectivity index is 1.30. The average molecular weight is 425 g/mol. The van der Waals surface area contributed by atoms with E-state index in [0.29, 0.717) is 6.61 Å². The van der Waals surface area contributed by atoms with Crippen LogP contribution in [0, 0.1) is 0 Å². The quantitative estimate of drug-likeness (QED) is 0.570. The van der Waals surface area contributed by atoms with E-state index in [-0.39, 0.29) is 0 Å². The number of rotatable bonds is 8. The van der Waals surface area contributed by atoms with Gasteiger partial charge in [-0.1, -0.05) is 12.1 Å². The highest BCUT2D eigenvalue weighted by Crippen LogP contribution is 2.29. The van der Waals surface area contributed by atoms with Gasteiger partial charge in [-0.15, -0.1) is 11.3 Å². The molecule has 3 aromatic rings. The number of para-hydroxylation sites is 2. The standard InChI is InChI=1S/C23H28N4O2S/c1-3-29-22-7-5-4-6-21(22)27-14-12-26(13-15-27)16-19-17-30-23(25-19)24-18-8-10-20(28-2)11-9-18/h4-11,17H,3,12-16H2,1-2H3,(H,24,25). The van der Waals surface area contributed by atoms with Crippen molar-refractivity contribution < 1.29 is 9.47 Å². The monoisotopic (exact) mass is 424 g/mol. The molecule has 0 radical (unpaired) electrons. The first-order chi connectivity index (χ1) is 14.7. The smallest absolute Gasteiger partial charge is 0.187 e. The summed E-state index contributed by atoms with van der Waals surface area (Å²) in [6, 6.07) is 16.2. The minimum atomic E-state index is 0.688.